The number of aromatic nitrogens is 1. The number of fused-ring (bicyclic) bond motifs is 1. The van der Waals surface area contributed by atoms with Crippen molar-refractivity contribution in [2.45, 2.75) is 13.3 Å². The molecule has 7 nitrogen and oxygen atoms in total. The van der Waals surface area contributed by atoms with E-state index in [0.29, 0.717) is 12.1 Å². The number of amides is 1. The minimum absolute atomic E-state index is 0.0732. The zero-order chi connectivity index (χ0) is 21.2. The molecule has 0 aliphatic heterocycles. The Morgan fingerprint density at radius 1 is 1.10 bits per heavy atom. The molecule has 4 N–H and O–H groups in total. The highest BCUT2D eigenvalue weighted by molar-refractivity contribution is 7.22. The summed E-state index contributed by atoms with van der Waals surface area (Å²) in [6.45, 7) is 4.96. The van der Waals surface area contributed by atoms with Crippen molar-refractivity contribution in [1.82, 2.24) is 20.9 Å². The second-order valence-corrected chi connectivity index (χ2v) is 7.66. The van der Waals surface area contributed by atoms with Crippen LogP contribution in [0.3, 0.4) is 0 Å². The highest BCUT2D eigenvalue weighted by atomic mass is 32.1. The molecule has 30 heavy (non-hydrogen) atoms. The lowest BCUT2D eigenvalue weighted by atomic mass is 10.1. The van der Waals surface area contributed by atoms with Gasteiger partial charge in [-0.25, -0.2) is 4.98 Å². The van der Waals surface area contributed by atoms with Gasteiger partial charge in [-0.15, -0.1) is 0 Å². The van der Waals surface area contributed by atoms with E-state index in [1.807, 2.05) is 49.4 Å². The van der Waals surface area contributed by atoms with Crippen LogP contribution >= 0.6 is 11.3 Å². The van der Waals surface area contributed by atoms with E-state index in [9.17, 15) is 4.79 Å². The average molecular weight is 425 g/mol. The van der Waals surface area contributed by atoms with Gasteiger partial charge in [-0.2, -0.15) is 0 Å². The van der Waals surface area contributed by atoms with Gasteiger partial charge < -0.3 is 21.3 Å². The summed E-state index contributed by atoms with van der Waals surface area (Å²) >= 11 is 1.66. The Hall–Kier alpha value is -3.13. The first-order valence-electron chi connectivity index (χ1n) is 10.1. The Morgan fingerprint density at radius 2 is 1.97 bits per heavy atom. The van der Waals surface area contributed by atoms with E-state index in [0.717, 1.165) is 48.2 Å². The third kappa shape index (κ3) is 6.18. The molecule has 0 saturated heterocycles. The predicted molar refractivity (Wildman–Crippen MR) is 126 cm³/mol. The number of hydrogen-bond donors (Lipinski definition) is 4. The Kier molecular flexibility index (Phi) is 8.02. The number of aliphatic imine (C=N–C) groups is 1. The first-order chi connectivity index (χ1) is 14.7. The summed E-state index contributed by atoms with van der Waals surface area (Å²) in [4.78, 5) is 21.0. The molecule has 1 aromatic heterocycles. The van der Waals surface area contributed by atoms with Crippen LogP contribution < -0.4 is 21.3 Å². The third-order valence-electron chi connectivity index (χ3n) is 4.42. The Balaban J connectivity index is 1.46. The van der Waals surface area contributed by atoms with Gasteiger partial charge in [0, 0.05) is 38.8 Å². The molecule has 0 bridgehead atoms. The van der Waals surface area contributed by atoms with Crippen LogP contribution in [0, 0.1) is 0 Å². The Labute approximate surface area is 181 Å². The number of para-hydroxylation sites is 1. The lowest BCUT2D eigenvalue weighted by molar-refractivity contribution is 0.0963. The normalized spacial score (nSPS) is 11.3. The zero-order valence-corrected chi connectivity index (χ0v) is 18.2. The van der Waals surface area contributed by atoms with E-state index in [1.54, 1.807) is 18.4 Å². The molecule has 2 aromatic carbocycles. The Bertz CT molecular complexity index is 967. The lowest BCUT2D eigenvalue weighted by Crippen LogP contribution is -2.39. The van der Waals surface area contributed by atoms with E-state index in [4.69, 9.17) is 0 Å². The van der Waals surface area contributed by atoms with Crippen LogP contribution in [0.25, 0.3) is 10.2 Å². The number of thiazole rings is 1. The molecule has 158 valence electrons. The van der Waals surface area contributed by atoms with Gasteiger partial charge in [-0.3, -0.25) is 9.79 Å². The zero-order valence-electron chi connectivity index (χ0n) is 17.4. The van der Waals surface area contributed by atoms with Crippen LogP contribution in [-0.2, 0) is 6.42 Å². The minimum atomic E-state index is -0.0732. The number of hydrogen-bond acceptors (Lipinski definition) is 5. The van der Waals surface area contributed by atoms with Gasteiger partial charge in [0.25, 0.3) is 5.91 Å². The smallest absolute Gasteiger partial charge is 0.251 e. The second kappa shape index (κ2) is 11.2. The van der Waals surface area contributed by atoms with E-state index in [1.165, 1.54) is 4.70 Å². The number of rotatable bonds is 9. The van der Waals surface area contributed by atoms with Gasteiger partial charge in [-0.1, -0.05) is 35.6 Å². The number of nitrogens with zero attached hydrogens (tertiary/aromatic N) is 2. The quantitative estimate of drug-likeness (QED) is 0.241. The largest absolute Gasteiger partial charge is 0.360 e. The second-order valence-electron chi connectivity index (χ2n) is 6.63. The summed E-state index contributed by atoms with van der Waals surface area (Å²) in [5.74, 6) is 0.710. The maximum absolute atomic E-state index is 11.8. The van der Waals surface area contributed by atoms with Crippen LogP contribution in [0.2, 0.25) is 0 Å². The standard InChI is InChI=1S/C22H28N6OS/c1-3-24-21(25-12-11-16-7-6-8-17(15-16)20(29)23-2)26-13-14-27-22-28-18-9-4-5-10-19(18)30-22/h4-10,15H,3,11-14H2,1-2H3,(H,23,29)(H,27,28)(H2,24,25,26). The molecule has 0 spiro atoms. The molecule has 0 atom stereocenters. The molecule has 1 amide bonds. The van der Waals surface area contributed by atoms with Gasteiger partial charge in [0.15, 0.2) is 11.1 Å². The predicted octanol–water partition coefficient (Wildman–Crippen LogP) is 2.87. The molecule has 0 saturated carbocycles. The molecular weight excluding hydrogens is 396 g/mol. The number of guanidine groups is 1. The van der Waals surface area contributed by atoms with Gasteiger partial charge >= 0.3 is 0 Å². The fourth-order valence-electron chi connectivity index (χ4n) is 2.95. The molecule has 1 heterocycles. The molecule has 0 radical (unpaired) electrons. The molecule has 0 aliphatic carbocycles. The minimum Gasteiger partial charge on any atom is -0.360 e. The molecular formula is C22H28N6OS. The maximum Gasteiger partial charge on any atom is 0.251 e. The Morgan fingerprint density at radius 3 is 2.77 bits per heavy atom. The number of anilines is 1. The van der Waals surface area contributed by atoms with E-state index in [2.05, 4.69) is 37.3 Å². The fourth-order valence-corrected chi connectivity index (χ4v) is 3.84. The van der Waals surface area contributed by atoms with Crippen molar-refractivity contribution in [1.29, 1.82) is 0 Å². The van der Waals surface area contributed by atoms with Crippen molar-refractivity contribution >= 4 is 38.6 Å². The summed E-state index contributed by atoms with van der Waals surface area (Å²) in [6.07, 6.45) is 0.769. The molecule has 3 aromatic rings. The third-order valence-corrected chi connectivity index (χ3v) is 5.41. The van der Waals surface area contributed by atoms with Gasteiger partial charge in [-0.05, 0) is 43.2 Å². The van der Waals surface area contributed by atoms with Crippen LogP contribution in [-0.4, -0.2) is 50.1 Å². The van der Waals surface area contributed by atoms with E-state index >= 15 is 0 Å². The van der Waals surface area contributed by atoms with Gasteiger partial charge in [0.05, 0.1) is 10.2 Å². The molecule has 8 heteroatoms. The lowest BCUT2D eigenvalue weighted by Gasteiger charge is -2.11. The number of nitrogens with one attached hydrogen (secondary N) is 4. The summed E-state index contributed by atoms with van der Waals surface area (Å²) < 4.78 is 1.18. The summed E-state index contributed by atoms with van der Waals surface area (Å²) in [5.41, 5.74) is 2.78. The number of carbonyl (C=O) groups excluding carboxylic acids is 1. The van der Waals surface area contributed by atoms with Crippen LogP contribution in [0.4, 0.5) is 5.13 Å². The van der Waals surface area contributed by atoms with Crippen molar-refractivity contribution in [3.05, 3.63) is 59.7 Å². The van der Waals surface area contributed by atoms with Crippen molar-refractivity contribution in [2.24, 2.45) is 4.99 Å². The van der Waals surface area contributed by atoms with Crippen molar-refractivity contribution in [3.63, 3.8) is 0 Å². The highest BCUT2D eigenvalue weighted by Gasteiger charge is 2.04. The monoisotopic (exact) mass is 424 g/mol. The van der Waals surface area contributed by atoms with Crippen LogP contribution in [0.15, 0.2) is 53.5 Å². The van der Waals surface area contributed by atoms with Gasteiger partial charge in [0.1, 0.15) is 0 Å². The maximum atomic E-state index is 11.8. The molecule has 0 fully saturated rings. The molecule has 0 unspecified atom stereocenters. The van der Waals surface area contributed by atoms with E-state index in [-0.39, 0.29) is 5.91 Å². The average Bonchev–Trinajstić information content (AvgIpc) is 3.19. The fraction of sp³-hybridized carbons (Fsp3) is 0.318. The topological polar surface area (TPSA) is 90.4 Å². The molecule has 3 rings (SSSR count). The SMILES string of the molecule is CCNC(=NCCc1cccc(C(=O)NC)c1)NCCNc1nc2ccccc2s1. The first-order valence-corrected chi connectivity index (χ1v) is 10.9. The van der Waals surface area contributed by atoms with Crippen LogP contribution in [0.1, 0.15) is 22.8 Å². The van der Waals surface area contributed by atoms with Crippen molar-refractivity contribution < 1.29 is 4.79 Å². The highest BCUT2D eigenvalue weighted by Crippen LogP contribution is 2.24. The first kappa shape index (κ1) is 21.6. The number of benzene rings is 2. The summed E-state index contributed by atoms with van der Waals surface area (Å²) in [7, 11) is 1.64. The molecule has 0 aliphatic rings. The van der Waals surface area contributed by atoms with Crippen LogP contribution in [0.5, 0.6) is 0 Å². The number of carbonyl (C=O) groups is 1. The van der Waals surface area contributed by atoms with Gasteiger partial charge in [0.2, 0.25) is 0 Å². The summed E-state index contributed by atoms with van der Waals surface area (Å²) in [5, 5.41) is 13.5. The van der Waals surface area contributed by atoms with Crippen molar-refractivity contribution in [3.8, 4) is 0 Å². The summed E-state index contributed by atoms with van der Waals surface area (Å²) in [6, 6.07) is 15.8. The van der Waals surface area contributed by atoms with Crippen molar-refractivity contribution in [2.75, 3.05) is 38.5 Å². The van der Waals surface area contributed by atoms with E-state index < -0.39 is 0 Å².